The van der Waals surface area contributed by atoms with E-state index in [4.69, 9.17) is 0 Å². The van der Waals surface area contributed by atoms with Gasteiger partial charge < -0.3 is 15.2 Å². The molecule has 1 saturated carbocycles. The van der Waals surface area contributed by atoms with Gasteiger partial charge in [-0.3, -0.25) is 5.32 Å². The predicted molar refractivity (Wildman–Crippen MR) is 60.4 cm³/mol. The minimum atomic E-state index is -0.920. The normalized spacial score (nSPS) is 18.5. The number of hydrogen-bond donors (Lipinski definition) is 2. The van der Waals surface area contributed by atoms with Gasteiger partial charge in [-0.2, -0.15) is 4.68 Å². The van der Waals surface area contributed by atoms with Gasteiger partial charge >= 0.3 is 5.82 Å². The molecule has 0 spiro atoms. The van der Waals surface area contributed by atoms with Gasteiger partial charge in [0.05, 0.1) is 17.2 Å². The Labute approximate surface area is 98.6 Å². The summed E-state index contributed by atoms with van der Waals surface area (Å²) in [6, 6.07) is 1.50. The van der Waals surface area contributed by atoms with Gasteiger partial charge in [-0.05, 0) is 24.8 Å². The highest BCUT2D eigenvalue weighted by molar-refractivity contribution is 5.24. The molecule has 1 fully saturated rings. The largest absolute Gasteiger partial charge is 0.390 e. The molecule has 1 atom stereocenters. The second-order valence-electron chi connectivity index (χ2n) is 4.26. The Kier molecular flexibility index (Phi) is 3.39. The number of aliphatic hydroxyl groups excluding tert-OH is 1. The lowest BCUT2D eigenvalue weighted by molar-refractivity contribution is -0.389. The summed E-state index contributed by atoms with van der Waals surface area (Å²) in [4.78, 5) is 10.2. The van der Waals surface area contributed by atoms with Gasteiger partial charge in [-0.15, -0.1) is 0 Å². The first-order valence-electron chi connectivity index (χ1n) is 5.72. The fourth-order valence-electron chi connectivity index (χ4n) is 2.28. The van der Waals surface area contributed by atoms with Gasteiger partial charge in [0.25, 0.3) is 0 Å². The molecular weight excluding hydrogens is 224 g/mol. The lowest BCUT2D eigenvalue weighted by Gasteiger charge is -2.13. The van der Waals surface area contributed by atoms with Gasteiger partial charge in [0.2, 0.25) is 0 Å². The van der Waals surface area contributed by atoms with Gasteiger partial charge in [-0.1, -0.05) is 12.8 Å². The molecule has 1 aliphatic carbocycles. The standard InChI is InChI=1S/C10H16N4O3/c1-11-10(15)8-6-9(14(16)17)12-13(8)7-4-2-3-5-7/h6-7,10-11,15H,2-5H2,1H3. The Hall–Kier alpha value is -1.47. The van der Waals surface area contributed by atoms with E-state index in [1.54, 1.807) is 11.7 Å². The molecule has 0 amide bonds. The van der Waals surface area contributed by atoms with Crippen molar-refractivity contribution < 1.29 is 10.0 Å². The van der Waals surface area contributed by atoms with Crippen molar-refractivity contribution in [2.24, 2.45) is 0 Å². The van der Waals surface area contributed by atoms with E-state index in [-0.39, 0.29) is 11.9 Å². The molecule has 1 aromatic heterocycles. The van der Waals surface area contributed by atoms with Crippen molar-refractivity contribution in [2.75, 3.05) is 7.05 Å². The maximum atomic E-state index is 10.7. The Morgan fingerprint density at radius 2 is 2.29 bits per heavy atom. The summed E-state index contributed by atoms with van der Waals surface area (Å²) in [6.45, 7) is 0. The fourth-order valence-corrected chi connectivity index (χ4v) is 2.28. The summed E-state index contributed by atoms with van der Waals surface area (Å²) in [6.07, 6.45) is 3.21. The highest BCUT2D eigenvalue weighted by atomic mass is 16.6. The molecule has 1 heterocycles. The minimum Gasteiger partial charge on any atom is -0.373 e. The average Bonchev–Trinajstić information content (AvgIpc) is 2.95. The third kappa shape index (κ3) is 2.29. The van der Waals surface area contributed by atoms with E-state index >= 15 is 0 Å². The van der Waals surface area contributed by atoms with Crippen LogP contribution in [-0.4, -0.2) is 26.9 Å². The molecule has 1 aliphatic rings. The fraction of sp³-hybridized carbons (Fsp3) is 0.700. The molecule has 0 aliphatic heterocycles. The second-order valence-corrected chi connectivity index (χ2v) is 4.26. The Morgan fingerprint density at radius 3 is 2.82 bits per heavy atom. The first-order chi connectivity index (χ1) is 8.13. The number of rotatable bonds is 4. The van der Waals surface area contributed by atoms with Crippen molar-refractivity contribution in [2.45, 2.75) is 38.0 Å². The molecular formula is C10H16N4O3. The van der Waals surface area contributed by atoms with E-state index in [1.807, 2.05) is 0 Å². The van der Waals surface area contributed by atoms with Crippen LogP contribution in [0, 0.1) is 10.1 Å². The molecule has 7 nitrogen and oxygen atoms in total. The summed E-state index contributed by atoms with van der Waals surface area (Å²) in [5.41, 5.74) is 0.464. The van der Waals surface area contributed by atoms with E-state index in [0.29, 0.717) is 5.69 Å². The predicted octanol–water partition coefficient (Wildman–Crippen LogP) is 1.12. The summed E-state index contributed by atoms with van der Waals surface area (Å²) in [7, 11) is 1.60. The molecule has 2 rings (SSSR count). The number of aliphatic hydroxyl groups is 1. The number of nitro groups is 1. The van der Waals surface area contributed by atoms with Crippen molar-refractivity contribution in [1.29, 1.82) is 0 Å². The first kappa shape index (κ1) is 12.0. The van der Waals surface area contributed by atoms with Crippen LogP contribution in [0.25, 0.3) is 0 Å². The average molecular weight is 240 g/mol. The quantitative estimate of drug-likeness (QED) is 0.467. The Morgan fingerprint density at radius 1 is 1.65 bits per heavy atom. The summed E-state index contributed by atoms with van der Waals surface area (Å²) in [5, 5.41) is 27.1. The Balaban J connectivity index is 2.36. The summed E-state index contributed by atoms with van der Waals surface area (Å²) in [5.74, 6) is -0.207. The maximum absolute atomic E-state index is 10.7. The minimum absolute atomic E-state index is 0.168. The van der Waals surface area contributed by atoms with Crippen molar-refractivity contribution in [3.05, 3.63) is 21.9 Å². The lowest BCUT2D eigenvalue weighted by Crippen LogP contribution is -2.21. The van der Waals surface area contributed by atoms with E-state index in [9.17, 15) is 15.2 Å². The zero-order valence-electron chi connectivity index (χ0n) is 9.67. The SMILES string of the molecule is CNC(O)c1cc([N+](=O)[O-])nn1C1CCCC1. The van der Waals surface area contributed by atoms with Crippen LogP contribution in [0.3, 0.4) is 0 Å². The van der Waals surface area contributed by atoms with Crippen molar-refractivity contribution in [3.8, 4) is 0 Å². The second kappa shape index (κ2) is 4.80. The van der Waals surface area contributed by atoms with Gasteiger partial charge in [0.15, 0.2) is 0 Å². The highest BCUT2D eigenvalue weighted by Crippen LogP contribution is 2.32. The number of nitrogens with zero attached hydrogens (tertiary/aromatic N) is 3. The molecule has 17 heavy (non-hydrogen) atoms. The molecule has 0 bridgehead atoms. The van der Waals surface area contributed by atoms with E-state index < -0.39 is 11.2 Å². The zero-order valence-corrected chi connectivity index (χ0v) is 9.67. The molecule has 1 unspecified atom stereocenters. The molecule has 7 heteroatoms. The summed E-state index contributed by atoms with van der Waals surface area (Å²) >= 11 is 0. The number of hydrogen-bond acceptors (Lipinski definition) is 5. The summed E-state index contributed by atoms with van der Waals surface area (Å²) < 4.78 is 1.60. The van der Waals surface area contributed by atoms with Crippen molar-refractivity contribution in [1.82, 2.24) is 15.1 Å². The van der Waals surface area contributed by atoms with Crippen LogP contribution >= 0.6 is 0 Å². The van der Waals surface area contributed by atoms with E-state index in [1.165, 1.54) is 6.07 Å². The molecule has 2 N–H and O–H groups in total. The maximum Gasteiger partial charge on any atom is 0.390 e. The molecule has 0 saturated heterocycles. The Bertz CT molecular complexity index is 412. The third-order valence-electron chi connectivity index (χ3n) is 3.16. The van der Waals surface area contributed by atoms with Crippen LogP contribution in [0.5, 0.6) is 0 Å². The first-order valence-corrected chi connectivity index (χ1v) is 5.72. The van der Waals surface area contributed by atoms with Crippen LogP contribution in [0.2, 0.25) is 0 Å². The number of aromatic nitrogens is 2. The monoisotopic (exact) mass is 240 g/mol. The topological polar surface area (TPSA) is 93.2 Å². The molecule has 1 aromatic rings. The molecule has 0 aromatic carbocycles. The zero-order chi connectivity index (χ0) is 12.4. The molecule has 0 radical (unpaired) electrons. The van der Waals surface area contributed by atoms with Crippen LogP contribution in [0.15, 0.2) is 6.07 Å². The van der Waals surface area contributed by atoms with Crippen LogP contribution in [0.4, 0.5) is 5.82 Å². The van der Waals surface area contributed by atoms with Crippen LogP contribution in [-0.2, 0) is 0 Å². The number of nitrogens with one attached hydrogen (secondary N) is 1. The van der Waals surface area contributed by atoms with Crippen LogP contribution in [0.1, 0.15) is 43.6 Å². The van der Waals surface area contributed by atoms with E-state index in [0.717, 1.165) is 25.7 Å². The molecule has 94 valence electrons. The van der Waals surface area contributed by atoms with Crippen molar-refractivity contribution >= 4 is 5.82 Å². The van der Waals surface area contributed by atoms with Gasteiger partial charge in [0.1, 0.15) is 11.9 Å². The highest BCUT2D eigenvalue weighted by Gasteiger charge is 2.29. The smallest absolute Gasteiger partial charge is 0.373 e. The van der Waals surface area contributed by atoms with Crippen LogP contribution < -0.4 is 5.32 Å². The van der Waals surface area contributed by atoms with E-state index in [2.05, 4.69) is 10.4 Å². The van der Waals surface area contributed by atoms with Crippen molar-refractivity contribution in [3.63, 3.8) is 0 Å². The van der Waals surface area contributed by atoms with Gasteiger partial charge in [0, 0.05) is 0 Å². The third-order valence-corrected chi connectivity index (χ3v) is 3.16. The lowest BCUT2D eigenvalue weighted by atomic mass is 10.2. The van der Waals surface area contributed by atoms with Gasteiger partial charge in [-0.25, -0.2) is 0 Å².